The Hall–Kier alpha value is -1.95. The monoisotopic (exact) mass is 365 g/mol. The van der Waals surface area contributed by atoms with E-state index in [9.17, 15) is 4.79 Å². The Morgan fingerprint density at radius 1 is 1.16 bits per heavy atom. The van der Waals surface area contributed by atoms with Crippen LogP contribution in [0.1, 0.15) is 20.3 Å². The highest BCUT2D eigenvalue weighted by Crippen LogP contribution is 2.19. The number of amides is 1. The smallest absolute Gasteiger partial charge is 0.224 e. The molecule has 0 spiro atoms. The van der Waals surface area contributed by atoms with E-state index in [1.54, 1.807) is 0 Å². The molecule has 0 bridgehead atoms. The van der Waals surface area contributed by atoms with E-state index >= 15 is 0 Å². The zero-order valence-corrected chi connectivity index (χ0v) is 15.9. The molecule has 0 unspecified atom stereocenters. The molecular weight excluding hydrogens is 338 g/mol. The number of anilines is 1. The zero-order valence-electron chi connectivity index (χ0n) is 15.1. The molecule has 1 aromatic carbocycles. The highest BCUT2D eigenvalue weighted by molar-refractivity contribution is 6.30. The first-order chi connectivity index (χ1) is 12.0. The maximum absolute atomic E-state index is 12.0. The molecule has 0 aliphatic carbocycles. The number of hydrogen-bond acceptors (Lipinski definition) is 3. The summed E-state index contributed by atoms with van der Waals surface area (Å²) in [4.78, 5) is 22.6. The highest BCUT2D eigenvalue weighted by atomic mass is 35.5. The second-order valence-electron chi connectivity index (χ2n) is 6.01. The van der Waals surface area contributed by atoms with Crippen molar-refractivity contribution < 1.29 is 4.79 Å². The summed E-state index contributed by atoms with van der Waals surface area (Å²) in [7, 11) is 0. The fraction of sp³-hybridized carbons (Fsp3) is 0.556. The van der Waals surface area contributed by atoms with Gasteiger partial charge in [-0.05, 0) is 38.1 Å². The molecule has 2 rings (SSSR count). The van der Waals surface area contributed by atoms with Gasteiger partial charge in [-0.25, -0.2) is 0 Å². The summed E-state index contributed by atoms with van der Waals surface area (Å²) in [5, 5.41) is 0.748. The van der Waals surface area contributed by atoms with E-state index < -0.39 is 0 Å². The lowest BCUT2D eigenvalue weighted by atomic mass is 10.2. The van der Waals surface area contributed by atoms with Crippen LogP contribution in [0.25, 0.3) is 0 Å². The Morgan fingerprint density at radius 2 is 1.76 bits per heavy atom. The number of benzene rings is 1. The topological polar surface area (TPSA) is 65.2 Å². The first-order valence-corrected chi connectivity index (χ1v) is 9.26. The van der Waals surface area contributed by atoms with Crippen LogP contribution >= 0.6 is 11.6 Å². The van der Waals surface area contributed by atoms with Crippen molar-refractivity contribution in [3.63, 3.8) is 0 Å². The van der Waals surface area contributed by atoms with Crippen molar-refractivity contribution >= 4 is 29.2 Å². The van der Waals surface area contributed by atoms with E-state index in [0.717, 1.165) is 44.3 Å². The summed E-state index contributed by atoms with van der Waals surface area (Å²) in [5.41, 5.74) is 7.27. The Kier molecular flexibility index (Phi) is 7.37. The Bertz CT molecular complexity index is 578. The second-order valence-corrected chi connectivity index (χ2v) is 6.44. The summed E-state index contributed by atoms with van der Waals surface area (Å²) in [6.45, 7) is 9.30. The minimum atomic E-state index is 0.133. The lowest BCUT2D eigenvalue weighted by Gasteiger charge is -2.36. The number of rotatable bonds is 6. The van der Waals surface area contributed by atoms with Gasteiger partial charge in [0.05, 0.1) is 6.54 Å². The lowest BCUT2D eigenvalue weighted by Crippen LogP contribution is -2.51. The van der Waals surface area contributed by atoms with Crippen LogP contribution in [0, 0.1) is 0 Å². The van der Waals surface area contributed by atoms with E-state index in [-0.39, 0.29) is 5.91 Å². The first kappa shape index (κ1) is 19.4. The fourth-order valence-corrected chi connectivity index (χ4v) is 3.07. The van der Waals surface area contributed by atoms with Gasteiger partial charge in [-0.15, -0.1) is 0 Å². The molecule has 1 aliphatic rings. The molecule has 0 radical (unpaired) electrons. The van der Waals surface area contributed by atoms with E-state index in [4.69, 9.17) is 17.3 Å². The van der Waals surface area contributed by atoms with E-state index in [1.165, 1.54) is 5.69 Å². The average molecular weight is 366 g/mol. The van der Waals surface area contributed by atoms with Gasteiger partial charge in [-0.2, -0.15) is 0 Å². The third kappa shape index (κ3) is 5.53. The molecule has 1 saturated heterocycles. The second kappa shape index (κ2) is 9.51. The van der Waals surface area contributed by atoms with Crippen molar-refractivity contribution in [2.45, 2.75) is 20.3 Å². The molecule has 1 fully saturated rings. The number of nitrogens with two attached hydrogens (primary N) is 1. The maximum Gasteiger partial charge on any atom is 0.224 e. The Morgan fingerprint density at radius 3 is 2.32 bits per heavy atom. The highest BCUT2D eigenvalue weighted by Gasteiger charge is 2.18. The molecule has 1 aromatic rings. The minimum Gasteiger partial charge on any atom is -0.370 e. The van der Waals surface area contributed by atoms with Crippen molar-refractivity contribution in [1.82, 2.24) is 9.80 Å². The largest absolute Gasteiger partial charge is 0.370 e. The quantitative estimate of drug-likeness (QED) is 0.619. The van der Waals surface area contributed by atoms with Crippen molar-refractivity contribution in [3.05, 3.63) is 29.3 Å². The van der Waals surface area contributed by atoms with Gasteiger partial charge in [0, 0.05) is 56.4 Å². The van der Waals surface area contributed by atoms with E-state index in [1.807, 2.05) is 43.0 Å². The Labute approximate surface area is 155 Å². The van der Waals surface area contributed by atoms with Crippen molar-refractivity contribution in [2.75, 3.05) is 50.7 Å². The van der Waals surface area contributed by atoms with Gasteiger partial charge >= 0.3 is 0 Å². The number of hydrogen-bond donors (Lipinski definition) is 1. The number of carbonyl (C=O) groups excluding carboxylic acids is 1. The molecule has 7 heteroatoms. The third-order valence-corrected chi connectivity index (χ3v) is 4.76. The predicted octanol–water partition coefficient (Wildman–Crippen LogP) is 2.04. The number of carbonyl (C=O) groups is 1. The summed E-state index contributed by atoms with van der Waals surface area (Å²) < 4.78 is 0. The molecule has 0 aromatic heterocycles. The van der Waals surface area contributed by atoms with Crippen LogP contribution in [0.5, 0.6) is 0 Å². The number of nitrogens with zero attached hydrogens (tertiary/aromatic N) is 4. The van der Waals surface area contributed by atoms with Crippen LogP contribution in [-0.2, 0) is 4.79 Å². The van der Waals surface area contributed by atoms with Gasteiger partial charge in [-0.3, -0.25) is 9.79 Å². The Balaban J connectivity index is 1.79. The number of guanidine groups is 1. The molecule has 1 heterocycles. The van der Waals surface area contributed by atoms with E-state index in [0.29, 0.717) is 18.9 Å². The summed E-state index contributed by atoms with van der Waals surface area (Å²) in [6, 6.07) is 7.89. The van der Waals surface area contributed by atoms with Crippen molar-refractivity contribution in [2.24, 2.45) is 10.7 Å². The number of piperazine rings is 1. The van der Waals surface area contributed by atoms with Gasteiger partial charge in [-0.1, -0.05) is 11.6 Å². The number of halogens is 1. The summed E-state index contributed by atoms with van der Waals surface area (Å²) >= 11 is 5.94. The van der Waals surface area contributed by atoms with Crippen LogP contribution < -0.4 is 10.6 Å². The molecule has 25 heavy (non-hydrogen) atoms. The number of aliphatic imine (C=N–C) groups is 1. The van der Waals surface area contributed by atoms with Crippen LogP contribution in [0.3, 0.4) is 0 Å². The first-order valence-electron chi connectivity index (χ1n) is 8.88. The SMILES string of the molecule is CCN(CC)C(=O)CCN=C(N)N1CCN(c2ccc(Cl)cc2)CC1. The molecule has 1 aliphatic heterocycles. The van der Waals surface area contributed by atoms with Crippen LogP contribution in [-0.4, -0.2) is 67.5 Å². The maximum atomic E-state index is 12.0. The van der Waals surface area contributed by atoms with Crippen molar-refractivity contribution in [3.8, 4) is 0 Å². The molecule has 0 saturated carbocycles. The van der Waals surface area contributed by atoms with Gasteiger partial charge < -0.3 is 20.4 Å². The summed E-state index contributed by atoms with van der Waals surface area (Å²) in [5.74, 6) is 0.664. The summed E-state index contributed by atoms with van der Waals surface area (Å²) in [6.07, 6.45) is 0.410. The van der Waals surface area contributed by atoms with Crippen LogP contribution in [0.4, 0.5) is 5.69 Å². The van der Waals surface area contributed by atoms with Gasteiger partial charge in [0.1, 0.15) is 0 Å². The molecular formula is C18H28ClN5O. The van der Waals surface area contributed by atoms with Gasteiger partial charge in [0.2, 0.25) is 5.91 Å². The van der Waals surface area contributed by atoms with Gasteiger partial charge in [0.25, 0.3) is 0 Å². The van der Waals surface area contributed by atoms with Gasteiger partial charge in [0.15, 0.2) is 5.96 Å². The molecule has 0 atom stereocenters. The molecule has 6 nitrogen and oxygen atoms in total. The molecule has 138 valence electrons. The predicted molar refractivity (Wildman–Crippen MR) is 104 cm³/mol. The lowest BCUT2D eigenvalue weighted by molar-refractivity contribution is -0.130. The van der Waals surface area contributed by atoms with E-state index in [2.05, 4.69) is 14.8 Å². The fourth-order valence-electron chi connectivity index (χ4n) is 2.95. The molecule has 1 amide bonds. The van der Waals surface area contributed by atoms with Crippen LogP contribution in [0.15, 0.2) is 29.3 Å². The third-order valence-electron chi connectivity index (χ3n) is 4.51. The normalized spacial score (nSPS) is 15.4. The average Bonchev–Trinajstić information content (AvgIpc) is 2.63. The minimum absolute atomic E-state index is 0.133. The molecule has 2 N–H and O–H groups in total. The zero-order chi connectivity index (χ0) is 18.2. The van der Waals surface area contributed by atoms with Crippen LogP contribution in [0.2, 0.25) is 5.02 Å². The van der Waals surface area contributed by atoms with Crippen molar-refractivity contribution in [1.29, 1.82) is 0 Å². The standard InChI is InChI=1S/C18H28ClN5O/c1-3-22(4-2)17(25)9-10-21-18(20)24-13-11-23(12-14-24)16-7-5-15(19)6-8-16/h5-8H,3-4,9-14H2,1-2H3,(H2,20,21).